The van der Waals surface area contributed by atoms with Crippen LogP contribution in [0.25, 0.3) is 0 Å². The van der Waals surface area contributed by atoms with Crippen molar-refractivity contribution in [3.8, 4) is 0 Å². The van der Waals surface area contributed by atoms with Gasteiger partial charge in [-0.3, -0.25) is 4.72 Å². The molecular weight excluding hydrogens is 371 g/mol. The summed E-state index contributed by atoms with van der Waals surface area (Å²) < 4.78 is 66.0. The van der Waals surface area contributed by atoms with E-state index in [9.17, 15) is 21.6 Å². The number of aryl methyl sites for hydroxylation is 1. The summed E-state index contributed by atoms with van der Waals surface area (Å²) in [4.78, 5) is -0.0537. The first-order chi connectivity index (χ1) is 9.70. The molecule has 0 aliphatic heterocycles. The molecule has 0 aliphatic rings. The predicted molar refractivity (Wildman–Crippen MR) is 76.0 cm³/mol. The first kappa shape index (κ1) is 15.8. The average Bonchev–Trinajstić information content (AvgIpc) is 2.38. The molecule has 0 saturated carbocycles. The van der Waals surface area contributed by atoms with Crippen LogP contribution in [0, 0.1) is 24.4 Å². The Labute approximate surface area is 128 Å². The second kappa shape index (κ2) is 5.69. The SMILES string of the molecule is Cc1ccc(Br)cc1S(=O)(=O)Nc1cc(F)c(F)c(F)c1. The summed E-state index contributed by atoms with van der Waals surface area (Å²) >= 11 is 3.15. The van der Waals surface area contributed by atoms with E-state index < -0.39 is 33.2 Å². The van der Waals surface area contributed by atoms with Gasteiger partial charge in [0.1, 0.15) is 0 Å². The Bertz CT molecular complexity index is 786. The molecule has 0 saturated heterocycles. The molecule has 1 N–H and O–H groups in total. The Morgan fingerprint density at radius 2 is 1.62 bits per heavy atom. The quantitative estimate of drug-likeness (QED) is 0.819. The van der Waals surface area contributed by atoms with Crippen LogP contribution in [0.3, 0.4) is 0 Å². The summed E-state index contributed by atoms with van der Waals surface area (Å²) in [6.45, 7) is 1.58. The van der Waals surface area contributed by atoms with Crippen molar-refractivity contribution in [3.63, 3.8) is 0 Å². The molecule has 0 aliphatic carbocycles. The van der Waals surface area contributed by atoms with Crippen molar-refractivity contribution >= 4 is 31.6 Å². The lowest BCUT2D eigenvalue weighted by atomic mass is 10.2. The second-order valence-electron chi connectivity index (χ2n) is 4.27. The maximum atomic E-state index is 13.1. The Hall–Kier alpha value is -1.54. The fourth-order valence-electron chi connectivity index (χ4n) is 1.69. The molecule has 2 rings (SSSR count). The molecule has 0 bridgehead atoms. The number of hydrogen-bond donors (Lipinski definition) is 1. The molecule has 3 nitrogen and oxygen atoms in total. The Morgan fingerprint density at radius 3 is 2.19 bits per heavy atom. The van der Waals surface area contributed by atoms with E-state index in [1.807, 2.05) is 4.72 Å². The number of hydrogen-bond acceptors (Lipinski definition) is 2. The lowest BCUT2D eigenvalue weighted by molar-refractivity contribution is 0.448. The predicted octanol–water partition coefficient (Wildman–Crippen LogP) is 3.98. The highest BCUT2D eigenvalue weighted by Gasteiger charge is 2.19. The van der Waals surface area contributed by atoms with E-state index in [1.165, 1.54) is 6.07 Å². The summed E-state index contributed by atoms with van der Waals surface area (Å²) in [5.41, 5.74) is 0.0551. The van der Waals surface area contributed by atoms with Gasteiger partial charge in [-0.05, 0) is 24.6 Å². The fraction of sp³-hybridized carbons (Fsp3) is 0.0769. The summed E-state index contributed by atoms with van der Waals surface area (Å²) in [5.74, 6) is -4.60. The van der Waals surface area contributed by atoms with Crippen LogP contribution in [0.5, 0.6) is 0 Å². The molecule has 8 heteroatoms. The third-order valence-electron chi connectivity index (χ3n) is 2.68. The Kier molecular flexibility index (Phi) is 4.29. The summed E-state index contributed by atoms with van der Waals surface area (Å²) in [7, 11) is -4.05. The normalized spacial score (nSPS) is 11.5. The van der Waals surface area contributed by atoms with E-state index in [0.29, 0.717) is 22.2 Å². The number of benzene rings is 2. The zero-order valence-electron chi connectivity index (χ0n) is 10.6. The molecule has 2 aromatic rings. The van der Waals surface area contributed by atoms with Gasteiger partial charge in [-0.2, -0.15) is 0 Å². The van der Waals surface area contributed by atoms with Gasteiger partial charge < -0.3 is 0 Å². The topological polar surface area (TPSA) is 46.2 Å². The van der Waals surface area contributed by atoms with Gasteiger partial charge in [0.2, 0.25) is 0 Å². The smallest absolute Gasteiger partial charge is 0.262 e. The first-order valence-corrected chi connectivity index (χ1v) is 7.92. The molecule has 21 heavy (non-hydrogen) atoms. The van der Waals surface area contributed by atoms with E-state index in [1.54, 1.807) is 19.1 Å². The third kappa shape index (κ3) is 3.38. The van der Waals surface area contributed by atoms with Crippen molar-refractivity contribution < 1.29 is 21.6 Å². The minimum atomic E-state index is -4.05. The lowest BCUT2D eigenvalue weighted by Crippen LogP contribution is -2.15. The van der Waals surface area contributed by atoms with Gasteiger partial charge in [0.25, 0.3) is 10.0 Å². The van der Waals surface area contributed by atoms with Crippen LogP contribution in [-0.2, 0) is 10.0 Å². The molecular formula is C13H9BrF3NO2S. The minimum absolute atomic E-state index is 0.0537. The number of rotatable bonds is 3. The molecule has 2 aromatic carbocycles. The van der Waals surface area contributed by atoms with Crippen LogP contribution >= 0.6 is 15.9 Å². The zero-order valence-corrected chi connectivity index (χ0v) is 13.0. The van der Waals surface area contributed by atoms with Crippen molar-refractivity contribution in [1.29, 1.82) is 0 Å². The summed E-state index contributed by atoms with van der Waals surface area (Å²) in [5, 5.41) is 0. The minimum Gasteiger partial charge on any atom is -0.279 e. The maximum Gasteiger partial charge on any atom is 0.262 e. The van der Waals surface area contributed by atoms with Crippen molar-refractivity contribution in [2.75, 3.05) is 4.72 Å². The Balaban J connectivity index is 2.45. The van der Waals surface area contributed by atoms with Crippen molar-refractivity contribution in [2.24, 2.45) is 0 Å². The first-order valence-electron chi connectivity index (χ1n) is 5.64. The van der Waals surface area contributed by atoms with E-state index in [2.05, 4.69) is 15.9 Å². The number of sulfonamides is 1. The van der Waals surface area contributed by atoms with Crippen LogP contribution in [0.15, 0.2) is 39.7 Å². The molecule has 0 unspecified atom stereocenters. The van der Waals surface area contributed by atoms with Crippen molar-refractivity contribution in [3.05, 3.63) is 57.8 Å². The summed E-state index contributed by atoms with van der Waals surface area (Å²) in [6, 6.07) is 5.73. The monoisotopic (exact) mass is 379 g/mol. The molecule has 0 spiro atoms. The van der Waals surface area contributed by atoms with E-state index >= 15 is 0 Å². The van der Waals surface area contributed by atoms with Gasteiger partial charge in [0.15, 0.2) is 17.5 Å². The molecule has 0 fully saturated rings. The fourth-order valence-corrected chi connectivity index (χ4v) is 3.51. The average molecular weight is 380 g/mol. The van der Waals surface area contributed by atoms with Gasteiger partial charge >= 0.3 is 0 Å². The molecule has 0 amide bonds. The van der Waals surface area contributed by atoms with Crippen LogP contribution in [0.4, 0.5) is 18.9 Å². The zero-order chi connectivity index (χ0) is 15.8. The summed E-state index contributed by atoms with van der Waals surface area (Å²) in [6.07, 6.45) is 0. The Morgan fingerprint density at radius 1 is 1.05 bits per heavy atom. The van der Waals surface area contributed by atoms with Crippen LogP contribution in [-0.4, -0.2) is 8.42 Å². The molecule has 0 heterocycles. The molecule has 0 radical (unpaired) electrons. The number of halogens is 4. The van der Waals surface area contributed by atoms with Gasteiger partial charge in [-0.1, -0.05) is 22.0 Å². The molecule has 0 aromatic heterocycles. The van der Waals surface area contributed by atoms with Crippen molar-refractivity contribution in [2.45, 2.75) is 11.8 Å². The highest BCUT2D eigenvalue weighted by molar-refractivity contribution is 9.10. The van der Waals surface area contributed by atoms with Gasteiger partial charge in [-0.25, -0.2) is 21.6 Å². The standard InChI is InChI=1S/C13H9BrF3NO2S/c1-7-2-3-8(14)4-12(7)21(19,20)18-9-5-10(15)13(17)11(16)6-9/h2-6,18H,1H3. The lowest BCUT2D eigenvalue weighted by Gasteiger charge is -2.11. The van der Waals surface area contributed by atoms with E-state index in [-0.39, 0.29) is 4.90 Å². The largest absolute Gasteiger partial charge is 0.279 e. The van der Waals surface area contributed by atoms with Gasteiger partial charge in [0.05, 0.1) is 10.6 Å². The molecule has 112 valence electrons. The maximum absolute atomic E-state index is 13.1. The third-order valence-corrected chi connectivity index (χ3v) is 4.69. The van der Waals surface area contributed by atoms with E-state index in [0.717, 1.165) is 0 Å². The van der Waals surface area contributed by atoms with Crippen LogP contribution in [0.1, 0.15) is 5.56 Å². The van der Waals surface area contributed by atoms with Crippen LogP contribution < -0.4 is 4.72 Å². The highest BCUT2D eigenvalue weighted by Crippen LogP contribution is 2.24. The van der Waals surface area contributed by atoms with Gasteiger partial charge in [0, 0.05) is 16.6 Å². The van der Waals surface area contributed by atoms with E-state index in [4.69, 9.17) is 0 Å². The van der Waals surface area contributed by atoms with Crippen molar-refractivity contribution in [1.82, 2.24) is 0 Å². The highest BCUT2D eigenvalue weighted by atomic mass is 79.9. The second-order valence-corrected chi connectivity index (χ2v) is 6.84. The van der Waals surface area contributed by atoms with Crippen LogP contribution in [0.2, 0.25) is 0 Å². The number of nitrogens with one attached hydrogen (secondary N) is 1. The number of anilines is 1. The molecule has 0 atom stereocenters. The van der Waals surface area contributed by atoms with Gasteiger partial charge in [-0.15, -0.1) is 0 Å².